The molecular formula is C16H22O4. The van der Waals surface area contributed by atoms with Crippen LogP contribution in [-0.2, 0) is 25.5 Å². The van der Waals surface area contributed by atoms with Gasteiger partial charge in [-0.1, -0.05) is 37.3 Å². The van der Waals surface area contributed by atoms with E-state index in [4.69, 9.17) is 9.47 Å². The molecule has 0 aliphatic rings. The Morgan fingerprint density at radius 2 is 1.95 bits per heavy atom. The van der Waals surface area contributed by atoms with Crippen LogP contribution in [0.5, 0.6) is 0 Å². The smallest absolute Gasteiger partial charge is 0.371 e. The Kier molecular flexibility index (Phi) is 6.94. The van der Waals surface area contributed by atoms with Gasteiger partial charge in [0.2, 0.25) is 6.29 Å². The monoisotopic (exact) mass is 278 g/mol. The van der Waals surface area contributed by atoms with Gasteiger partial charge in [-0.15, -0.1) is 0 Å². The Balaban J connectivity index is 2.66. The van der Waals surface area contributed by atoms with Gasteiger partial charge in [-0.2, -0.15) is 0 Å². The summed E-state index contributed by atoms with van der Waals surface area (Å²) in [6.07, 6.45) is 2.74. The first-order valence-electron chi connectivity index (χ1n) is 6.80. The summed E-state index contributed by atoms with van der Waals surface area (Å²) in [6, 6.07) is 10.1. The molecule has 0 fully saturated rings. The van der Waals surface area contributed by atoms with Gasteiger partial charge in [0.25, 0.3) is 0 Å². The number of carbonyl (C=O) groups is 2. The molecule has 1 aromatic carbocycles. The first kappa shape index (κ1) is 16.4. The maximum absolute atomic E-state index is 11.0. The number of carbonyl (C=O) groups excluding carboxylic acids is 2. The van der Waals surface area contributed by atoms with E-state index in [9.17, 15) is 9.59 Å². The first-order chi connectivity index (χ1) is 9.65. The average Bonchev–Trinajstić information content (AvgIpc) is 2.51. The molecule has 0 saturated carbocycles. The second kappa shape index (κ2) is 8.48. The van der Waals surface area contributed by atoms with Crippen LogP contribution >= 0.6 is 0 Å². The van der Waals surface area contributed by atoms with Crippen molar-refractivity contribution in [3.63, 3.8) is 0 Å². The molecule has 0 heterocycles. The largest absolute Gasteiger partial charge is 0.459 e. The van der Waals surface area contributed by atoms with Gasteiger partial charge >= 0.3 is 5.97 Å². The van der Waals surface area contributed by atoms with Crippen LogP contribution in [0.3, 0.4) is 0 Å². The molecule has 4 nitrogen and oxygen atoms in total. The highest BCUT2D eigenvalue weighted by atomic mass is 16.5. The van der Waals surface area contributed by atoms with Gasteiger partial charge in [0.15, 0.2) is 0 Å². The third-order valence-electron chi connectivity index (χ3n) is 3.60. The van der Waals surface area contributed by atoms with Crippen molar-refractivity contribution in [3.8, 4) is 0 Å². The van der Waals surface area contributed by atoms with Crippen LogP contribution in [0.1, 0.15) is 25.3 Å². The number of rotatable bonds is 9. The van der Waals surface area contributed by atoms with Crippen LogP contribution in [-0.4, -0.2) is 32.6 Å². The zero-order chi connectivity index (χ0) is 14.8. The van der Waals surface area contributed by atoms with Crippen LogP contribution in [0, 0.1) is 5.41 Å². The van der Waals surface area contributed by atoms with E-state index < -0.39 is 5.97 Å². The van der Waals surface area contributed by atoms with Gasteiger partial charge in [-0.3, -0.25) is 4.79 Å². The standard InChI is InChI=1S/C16H22O4/c1-3-16(12-19-2,13-20-15(18)11-17)10-9-14-7-5-4-6-8-14/h4-8,11H,3,9-10,12-13H2,1-2H3. The molecule has 0 bridgehead atoms. The van der Waals surface area contributed by atoms with Gasteiger partial charge in [0.05, 0.1) is 13.2 Å². The maximum Gasteiger partial charge on any atom is 0.371 e. The van der Waals surface area contributed by atoms with Crippen molar-refractivity contribution in [3.05, 3.63) is 35.9 Å². The fourth-order valence-corrected chi connectivity index (χ4v) is 2.19. The molecule has 1 aromatic rings. The zero-order valence-corrected chi connectivity index (χ0v) is 12.1. The molecule has 0 radical (unpaired) electrons. The minimum absolute atomic E-state index is 0.199. The minimum atomic E-state index is -0.821. The Morgan fingerprint density at radius 1 is 1.25 bits per heavy atom. The molecule has 0 spiro atoms. The Labute approximate surface area is 120 Å². The summed E-state index contributed by atoms with van der Waals surface area (Å²) >= 11 is 0. The third-order valence-corrected chi connectivity index (χ3v) is 3.60. The maximum atomic E-state index is 11.0. The number of ether oxygens (including phenoxy) is 2. The van der Waals surface area contributed by atoms with Crippen molar-refractivity contribution in [1.29, 1.82) is 0 Å². The van der Waals surface area contributed by atoms with Crippen LogP contribution < -0.4 is 0 Å². The first-order valence-corrected chi connectivity index (χ1v) is 6.80. The lowest BCUT2D eigenvalue weighted by Crippen LogP contribution is -2.33. The third kappa shape index (κ3) is 5.13. The van der Waals surface area contributed by atoms with E-state index in [-0.39, 0.29) is 18.3 Å². The Bertz CT molecular complexity index is 416. The van der Waals surface area contributed by atoms with Crippen molar-refractivity contribution in [2.75, 3.05) is 20.3 Å². The van der Waals surface area contributed by atoms with Gasteiger partial charge in [-0.25, -0.2) is 4.79 Å². The predicted molar refractivity (Wildman–Crippen MR) is 76.4 cm³/mol. The summed E-state index contributed by atoms with van der Waals surface area (Å²) in [4.78, 5) is 21.4. The number of benzene rings is 1. The lowest BCUT2D eigenvalue weighted by molar-refractivity contribution is -0.153. The number of esters is 1. The van der Waals surface area contributed by atoms with E-state index >= 15 is 0 Å². The van der Waals surface area contributed by atoms with Crippen molar-refractivity contribution < 1.29 is 19.1 Å². The van der Waals surface area contributed by atoms with Crippen LogP contribution in [0.15, 0.2) is 30.3 Å². The van der Waals surface area contributed by atoms with Gasteiger partial charge < -0.3 is 9.47 Å². The molecule has 110 valence electrons. The van der Waals surface area contributed by atoms with E-state index in [1.807, 2.05) is 25.1 Å². The molecule has 1 atom stereocenters. The predicted octanol–water partition coefficient (Wildman–Crippen LogP) is 2.40. The second-order valence-corrected chi connectivity index (χ2v) is 5.00. The molecule has 1 unspecified atom stereocenters. The summed E-state index contributed by atoms with van der Waals surface area (Å²) in [7, 11) is 1.63. The summed E-state index contributed by atoms with van der Waals surface area (Å²) in [5.74, 6) is -0.821. The number of hydrogen-bond acceptors (Lipinski definition) is 4. The highest BCUT2D eigenvalue weighted by Gasteiger charge is 2.30. The Hall–Kier alpha value is -1.68. The Morgan fingerprint density at radius 3 is 2.50 bits per heavy atom. The van der Waals surface area contributed by atoms with Crippen LogP contribution in [0.4, 0.5) is 0 Å². The summed E-state index contributed by atoms with van der Waals surface area (Å²) in [5, 5.41) is 0. The van der Waals surface area contributed by atoms with E-state index in [2.05, 4.69) is 12.1 Å². The summed E-state index contributed by atoms with van der Waals surface area (Å²) < 4.78 is 10.3. The molecule has 20 heavy (non-hydrogen) atoms. The molecule has 4 heteroatoms. The van der Waals surface area contributed by atoms with Crippen LogP contribution in [0.25, 0.3) is 0 Å². The quantitative estimate of drug-likeness (QED) is 0.395. The zero-order valence-electron chi connectivity index (χ0n) is 12.1. The second-order valence-electron chi connectivity index (χ2n) is 5.00. The van der Waals surface area contributed by atoms with Gasteiger partial charge in [0.1, 0.15) is 0 Å². The highest BCUT2D eigenvalue weighted by Crippen LogP contribution is 2.29. The fraction of sp³-hybridized carbons (Fsp3) is 0.500. The van der Waals surface area contributed by atoms with Crippen molar-refractivity contribution in [2.24, 2.45) is 5.41 Å². The average molecular weight is 278 g/mol. The summed E-state index contributed by atoms with van der Waals surface area (Å²) in [5.41, 5.74) is 0.992. The molecule has 0 aromatic heterocycles. The molecule has 1 rings (SSSR count). The van der Waals surface area contributed by atoms with E-state index in [1.165, 1.54) is 5.56 Å². The molecule has 0 aliphatic heterocycles. The summed E-state index contributed by atoms with van der Waals surface area (Å²) in [6.45, 7) is 2.75. The molecule has 0 amide bonds. The molecule has 0 saturated heterocycles. The fourth-order valence-electron chi connectivity index (χ4n) is 2.19. The minimum Gasteiger partial charge on any atom is -0.459 e. The van der Waals surface area contributed by atoms with E-state index in [1.54, 1.807) is 7.11 Å². The van der Waals surface area contributed by atoms with E-state index in [0.29, 0.717) is 6.61 Å². The number of methoxy groups -OCH3 is 1. The molecule has 0 N–H and O–H groups in total. The lowest BCUT2D eigenvalue weighted by Gasteiger charge is -2.31. The van der Waals surface area contributed by atoms with Gasteiger partial charge in [-0.05, 0) is 24.8 Å². The van der Waals surface area contributed by atoms with E-state index in [0.717, 1.165) is 19.3 Å². The number of hydrogen-bond donors (Lipinski definition) is 0. The van der Waals surface area contributed by atoms with Gasteiger partial charge in [0, 0.05) is 12.5 Å². The van der Waals surface area contributed by atoms with Crippen molar-refractivity contribution >= 4 is 12.3 Å². The highest BCUT2D eigenvalue weighted by molar-refractivity contribution is 6.20. The topological polar surface area (TPSA) is 52.6 Å². The normalized spacial score (nSPS) is 13.5. The van der Waals surface area contributed by atoms with Crippen LogP contribution in [0.2, 0.25) is 0 Å². The SMILES string of the molecule is CCC(CCc1ccccc1)(COC)COC(=O)C=O. The number of aldehydes is 1. The molecule has 0 aliphatic carbocycles. The number of aryl methyl sites for hydroxylation is 1. The van der Waals surface area contributed by atoms with Crippen molar-refractivity contribution in [1.82, 2.24) is 0 Å². The molecular weight excluding hydrogens is 256 g/mol. The van der Waals surface area contributed by atoms with Crippen molar-refractivity contribution in [2.45, 2.75) is 26.2 Å². The lowest BCUT2D eigenvalue weighted by atomic mass is 9.81.